The average molecular weight is 377 g/mol. The molecular weight excluding hydrogens is 357 g/mol. The summed E-state index contributed by atoms with van der Waals surface area (Å²) in [5.41, 5.74) is -2.24. The fourth-order valence-electron chi connectivity index (χ4n) is 3.20. The van der Waals surface area contributed by atoms with Crippen LogP contribution in [0.2, 0.25) is 0 Å². The molecule has 3 aliphatic rings. The van der Waals surface area contributed by atoms with Crippen LogP contribution in [-0.2, 0) is 23.3 Å². The maximum atomic E-state index is 12.1. The SMILES string of the molecule is COC[C@]12COC(C[C@@H]1NP(=O)(O)OC)C(n1ccc(=O)[nH]c1=O)O2. The molecule has 4 heterocycles. The van der Waals surface area contributed by atoms with E-state index in [0.717, 1.165) is 7.11 Å². The van der Waals surface area contributed by atoms with Crippen molar-refractivity contribution in [3.05, 3.63) is 33.1 Å². The van der Waals surface area contributed by atoms with Crippen LogP contribution in [0.4, 0.5) is 0 Å². The number of ether oxygens (including phenoxy) is 3. The van der Waals surface area contributed by atoms with Crippen molar-refractivity contribution >= 4 is 7.75 Å². The predicted molar refractivity (Wildman–Crippen MR) is 84.2 cm³/mol. The standard InChI is InChI=1S/C13H20N3O8P/c1-21-6-13-7-23-8(5-9(13)15-25(19,20)22-2)11(24-13)16-4-3-10(17)14-12(16)18/h3-4,8-9,11H,5-7H2,1-2H3,(H,14,17,18)(H2,15,19,20)/t8?,9-,11?,13-/m0/s1. The Morgan fingerprint density at radius 2 is 2.28 bits per heavy atom. The van der Waals surface area contributed by atoms with Gasteiger partial charge in [-0.25, -0.2) is 14.4 Å². The van der Waals surface area contributed by atoms with E-state index in [4.69, 9.17) is 14.2 Å². The van der Waals surface area contributed by atoms with Crippen LogP contribution in [0.25, 0.3) is 0 Å². The quantitative estimate of drug-likeness (QED) is 0.529. The second kappa shape index (κ2) is 6.76. The lowest BCUT2D eigenvalue weighted by Gasteiger charge is -2.54. The van der Waals surface area contributed by atoms with Crippen molar-refractivity contribution in [3.8, 4) is 0 Å². The molecule has 4 rings (SSSR count). The van der Waals surface area contributed by atoms with E-state index in [-0.39, 0.29) is 19.6 Å². The molecule has 1 aromatic rings. The number of hydrogen-bond acceptors (Lipinski definition) is 7. The highest BCUT2D eigenvalue weighted by molar-refractivity contribution is 7.50. The first kappa shape index (κ1) is 18.5. The molecule has 11 nitrogen and oxygen atoms in total. The fraction of sp³-hybridized carbons (Fsp3) is 0.692. The van der Waals surface area contributed by atoms with Gasteiger partial charge in [0.25, 0.3) is 5.56 Å². The number of methoxy groups -OCH3 is 1. The van der Waals surface area contributed by atoms with Crippen molar-refractivity contribution in [1.29, 1.82) is 0 Å². The Morgan fingerprint density at radius 3 is 2.92 bits per heavy atom. The summed E-state index contributed by atoms with van der Waals surface area (Å²) in [6, 6.07) is 0.621. The molecule has 1 aromatic heterocycles. The molecule has 0 aliphatic carbocycles. The van der Waals surface area contributed by atoms with E-state index in [1.807, 2.05) is 0 Å². The molecule has 3 fully saturated rings. The normalized spacial score (nSPS) is 34.0. The molecule has 12 heteroatoms. The average Bonchev–Trinajstić information content (AvgIpc) is 2.56. The van der Waals surface area contributed by atoms with Crippen LogP contribution >= 0.6 is 7.75 Å². The molecular formula is C13H20N3O8P. The minimum absolute atomic E-state index is 0.0652. The zero-order chi connectivity index (χ0) is 18.2. The first-order chi connectivity index (χ1) is 11.8. The maximum Gasteiger partial charge on any atom is 0.403 e. The first-order valence-electron chi connectivity index (χ1n) is 7.56. The molecule has 0 saturated carbocycles. The van der Waals surface area contributed by atoms with Crippen LogP contribution in [0, 0.1) is 0 Å². The van der Waals surface area contributed by atoms with Crippen molar-refractivity contribution in [3.63, 3.8) is 0 Å². The van der Waals surface area contributed by atoms with Gasteiger partial charge in [-0.05, 0) is 6.42 Å². The van der Waals surface area contributed by atoms with Crippen LogP contribution in [0.1, 0.15) is 12.6 Å². The third-order valence-corrected chi connectivity index (χ3v) is 5.53. The summed E-state index contributed by atoms with van der Waals surface area (Å²) in [5.74, 6) is 0. The Labute approximate surface area is 142 Å². The predicted octanol–water partition coefficient (Wildman–Crippen LogP) is -1.06. The zero-order valence-corrected chi connectivity index (χ0v) is 14.6. The van der Waals surface area contributed by atoms with Crippen LogP contribution in [-0.4, -0.2) is 59.6 Å². The van der Waals surface area contributed by atoms with Gasteiger partial charge in [0, 0.05) is 26.5 Å². The number of aromatic amines is 1. The van der Waals surface area contributed by atoms with Crippen LogP contribution in [0.3, 0.4) is 0 Å². The van der Waals surface area contributed by atoms with Crippen molar-refractivity contribution < 1.29 is 28.2 Å². The van der Waals surface area contributed by atoms with Crippen molar-refractivity contribution in [1.82, 2.24) is 14.6 Å². The highest BCUT2D eigenvalue weighted by Gasteiger charge is 2.56. The number of H-pyrrole nitrogens is 1. The Morgan fingerprint density at radius 1 is 1.52 bits per heavy atom. The van der Waals surface area contributed by atoms with Crippen LogP contribution in [0.15, 0.2) is 21.9 Å². The van der Waals surface area contributed by atoms with E-state index in [2.05, 4.69) is 14.6 Å². The third kappa shape index (κ3) is 3.49. The summed E-state index contributed by atoms with van der Waals surface area (Å²) in [4.78, 5) is 35.2. The summed E-state index contributed by atoms with van der Waals surface area (Å²) >= 11 is 0. The summed E-state index contributed by atoms with van der Waals surface area (Å²) in [7, 11) is -1.42. The van der Waals surface area contributed by atoms with E-state index in [0.29, 0.717) is 0 Å². The Bertz CT molecular complexity index is 790. The molecule has 0 aromatic carbocycles. The summed E-state index contributed by atoms with van der Waals surface area (Å²) in [6.07, 6.45) is 0.252. The van der Waals surface area contributed by atoms with E-state index in [9.17, 15) is 19.0 Å². The Kier molecular flexibility index (Phi) is 5.00. The molecule has 3 aliphatic heterocycles. The maximum absolute atomic E-state index is 12.1. The van der Waals surface area contributed by atoms with E-state index in [1.54, 1.807) is 0 Å². The van der Waals surface area contributed by atoms with Gasteiger partial charge in [-0.1, -0.05) is 0 Å². The number of rotatable bonds is 6. The molecule has 0 amide bonds. The molecule has 3 N–H and O–H groups in total. The lowest BCUT2D eigenvalue weighted by molar-refractivity contribution is -0.313. The molecule has 5 atom stereocenters. The Balaban J connectivity index is 1.92. The third-order valence-electron chi connectivity index (χ3n) is 4.40. The molecule has 0 spiro atoms. The van der Waals surface area contributed by atoms with Gasteiger partial charge in [0.1, 0.15) is 11.7 Å². The second-order valence-electron chi connectivity index (χ2n) is 5.99. The lowest BCUT2D eigenvalue weighted by Crippen LogP contribution is -2.69. The molecule has 3 saturated heterocycles. The van der Waals surface area contributed by atoms with Gasteiger partial charge < -0.3 is 23.6 Å². The monoisotopic (exact) mass is 377 g/mol. The van der Waals surface area contributed by atoms with Gasteiger partial charge in [-0.15, -0.1) is 0 Å². The van der Waals surface area contributed by atoms with Gasteiger partial charge in [0.2, 0.25) is 0 Å². The van der Waals surface area contributed by atoms with E-state index in [1.165, 1.54) is 23.9 Å². The highest BCUT2D eigenvalue weighted by atomic mass is 31.2. The van der Waals surface area contributed by atoms with Gasteiger partial charge in [0.15, 0.2) is 6.23 Å². The van der Waals surface area contributed by atoms with Gasteiger partial charge in [-0.3, -0.25) is 14.3 Å². The first-order valence-corrected chi connectivity index (χ1v) is 9.14. The minimum atomic E-state index is -4.00. The van der Waals surface area contributed by atoms with E-state index < -0.39 is 43.0 Å². The smallest absolute Gasteiger partial charge is 0.382 e. The van der Waals surface area contributed by atoms with Crippen molar-refractivity contribution in [2.75, 3.05) is 27.4 Å². The van der Waals surface area contributed by atoms with Crippen LogP contribution < -0.4 is 16.3 Å². The molecule has 2 bridgehead atoms. The lowest BCUT2D eigenvalue weighted by atomic mass is 9.85. The largest absolute Gasteiger partial charge is 0.403 e. The highest BCUT2D eigenvalue weighted by Crippen LogP contribution is 2.46. The second-order valence-corrected chi connectivity index (χ2v) is 7.66. The number of hydrogen-bond donors (Lipinski definition) is 3. The van der Waals surface area contributed by atoms with Gasteiger partial charge >= 0.3 is 13.4 Å². The minimum Gasteiger partial charge on any atom is -0.382 e. The summed E-state index contributed by atoms with van der Waals surface area (Å²) in [6.45, 7) is 0.178. The van der Waals surface area contributed by atoms with E-state index >= 15 is 0 Å². The molecule has 0 radical (unpaired) electrons. The summed E-state index contributed by atoms with van der Waals surface area (Å²) < 4.78 is 34.7. The number of nitrogens with zero attached hydrogens (tertiary/aromatic N) is 1. The molecule has 25 heavy (non-hydrogen) atoms. The Hall–Kier alpha value is -1.33. The van der Waals surface area contributed by atoms with Crippen molar-refractivity contribution in [2.24, 2.45) is 0 Å². The fourth-order valence-corrected chi connectivity index (χ4v) is 4.04. The molecule has 3 unspecified atom stereocenters. The summed E-state index contributed by atoms with van der Waals surface area (Å²) in [5, 5.41) is 2.56. The van der Waals surface area contributed by atoms with Gasteiger partial charge in [-0.2, -0.15) is 0 Å². The number of nitrogens with one attached hydrogen (secondary N) is 2. The molecule has 140 valence electrons. The van der Waals surface area contributed by atoms with Crippen LogP contribution in [0.5, 0.6) is 0 Å². The number of aromatic nitrogens is 2. The topological polar surface area (TPSA) is 141 Å². The zero-order valence-electron chi connectivity index (χ0n) is 13.7. The van der Waals surface area contributed by atoms with Crippen molar-refractivity contribution in [2.45, 2.75) is 30.4 Å². The van der Waals surface area contributed by atoms with Gasteiger partial charge in [0.05, 0.1) is 19.3 Å². The number of fused-ring (bicyclic) bond motifs is 3.